The molecule has 1 aliphatic rings. The van der Waals surface area contributed by atoms with Crippen LogP contribution in [0.1, 0.15) is 29.4 Å². The molecule has 19 heavy (non-hydrogen) atoms. The lowest BCUT2D eigenvalue weighted by atomic mass is 9.98. The standard InChI is InChI=1S/C19H16/c1-2-7-15(8-3-1)18-13-19(18)17-12-6-10-14-9-4-5-11-16(14)17/h1-12,18-19H,13H2/t18-,19-/m1/s1. The summed E-state index contributed by atoms with van der Waals surface area (Å²) in [5, 5.41) is 2.78. The Morgan fingerprint density at radius 1 is 0.632 bits per heavy atom. The lowest BCUT2D eigenvalue weighted by Gasteiger charge is -2.06. The summed E-state index contributed by atoms with van der Waals surface area (Å²) in [5.41, 5.74) is 3.01. The molecule has 92 valence electrons. The predicted octanol–water partition coefficient (Wildman–Crippen LogP) is 5.11. The van der Waals surface area contributed by atoms with E-state index in [1.54, 1.807) is 0 Å². The molecule has 2 atom stereocenters. The number of benzene rings is 3. The summed E-state index contributed by atoms with van der Waals surface area (Å²) < 4.78 is 0. The second-order valence-corrected chi connectivity index (χ2v) is 5.43. The molecule has 0 aromatic heterocycles. The maximum absolute atomic E-state index is 2.30. The minimum Gasteiger partial charge on any atom is -0.0622 e. The Kier molecular flexibility index (Phi) is 2.41. The van der Waals surface area contributed by atoms with Crippen LogP contribution in [0.3, 0.4) is 0 Å². The van der Waals surface area contributed by atoms with Crippen LogP contribution in [0.4, 0.5) is 0 Å². The van der Waals surface area contributed by atoms with E-state index in [1.807, 2.05) is 0 Å². The highest BCUT2D eigenvalue weighted by Gasteiger charge is 2.39. The van der Waals surface area contributed by atoms with Gasteiger partial charge in [0, 0.05) is 0 Å². The van der Waals surface area contributed by atoms with Crippen molar-refractivity contribution in [2.24, 2.45) is 0 Å². The number of rotatable bonds is 2. The fourth-order valence-corrected chi connectivity index (χ4v) is 3.18. The predicted molar refractivity (Wildman–Crippen MR) is 80.5 cm³/mol. The third-order valence-electron chi connectivity index (χ3n) is 4.24. The fourth-order valence-electron chi connectivity index (χ4n) is 3.18. The third kappa shape index (κ3) is 1.84. The van der Waals surface area contributed by atoms with Crippen molar-refractivity contribution in [1.82, 2.24) is 0 Å². The smallest absolute Gasteiger partial charge is 0.00807 e. The van der Waals surface area contributed by atoms with E-state index in [1.165, 1.54) is 28.3 Å². The van der Waals surface area contributed by atoms with Gasteiger partial charge in [-0.25, -0.2) is 0 Å². The van der Waals surface area contributed by atoms with Crippen molar-refractivity contribution in [2.45, 2.75) is 18.3 Å². The van der Waals surface area contributed by atoms with Crippen molar-refractivity contribution in [2.75, 3.05) is 0 Å². The molecule has 0 bridgehead atoms. The topological polar surface area (TPSA) is 0 Å². The summed E-state index contributed by atoms with van der Waals surface area (Å²) in [6, 6.07) is 26.3. The van der Waals surface area contributed by atoms with Gasteiger partial charge in [0.15, 0.2) is 0 Å². The highest BCUT2D eigenvalue weighted by molar-refractivity contribution is 5.86. The van der Waals surface area contributed by atoms with E-state index in [0.29, 0.717) is 11.8 Å². The van der Waals surface area contributed by atoms with Crippen molar-refractivity contribution in [3.8, 4) is 0 Å². The van der Waals surface area contributed by atoms with Crippen molar-refractivity contribution in [3.63, 3.8) is 0 Å². The quantitative estimate of drug-likeness (QED) is 0.587. The van der Waals surface area contributed by atoms with E-state index < -0.39 is 0 Å². The number of fused-ring (bicyclic) bond motifs is 1. The summed E-state index contributed by atoms with van der Waals surface area (Å²) in [6.07, 6.45) is 1.29. The summed E-state index contributed by atoms with van der Waals surface area (Å²) in [5.74, 6) is 1.42. The highest BCUT2D eigenvalue weighted by Crippen LogP contribution is 2.55. The molecular weight excluding hydrogens is 228 g/mol. The molecule has 0 heterocycles. The van der Waals surface area contributed by atoms with Crippen molar-refractivity contribution in [1.29, 1.82) is 0 Å². The van der Waals surface area contributed by atoms with Crippen LogP contribution in [0.25, 0.3) is 10.8 Å². The van der Waals surface area contributed by atoms with Crippen molar-refractivity contribution >= 4 is 10.8 Å². The highest BCUT2D eigenvalue weighted by atomic mass is 14.4. The molecule has 0 N–H and O–H groups in total. The van der Waals surface area contributed by atoms with Crippen LogP contribution < -0.4 is 0 Å². The molecule has 0 amide bonds. The van der Waals surface area contributed by atoms with Crippen LogP contribution in [0, 0.1) is 0 Å². The largest absolute Gasteiger partial charge is 0.0622 e. The number of hydrogen-bond acceptors (Lipinski definition) is 0. The molecule has 0 radical (unpaired) electrons. The Bertz CT molecular complexity index is 707. The van der Waals surface area contributed by atoms with Gasteiger partial charge in [-0.2, -0.15) is 0 Å². The Morgan fingerprint density at radius 2 is 1.37 bits per heavy atom. The first-order valence-corrected chi connectivity index (χ1v) is 6.96. The average Bonchev–Trinajstić information content (AvgIpc) is 3.28. The van der Waals surface area contributed by atoms with Gasteiger partial charge in [-0.1, -0.05) is 72.8 Å². The molecule has 0 saturated heterocycles. The molecule has 1 saturated carbocycles. The first-order chi connectivity index (χ1) is 9.43. The Hall–Kier alpha value is -2.08. The second kappa shape index (κ2) is 4.24. The summed E-state index contributed by atoms with van der Waals surface area (Å²) in [4.78, 5) is 0. The molecule has 3 aromatic carbocycles. The minimum atomic E-state index is 0.702. The maximum atomic E-state index is 2.30. The Morgan fingerprint density at radius 3 is 2.26 bits per heavy atom. The molecule has 4 rings (SSSR count). The molecule has 0 heteroatoms. The van der Waals surface area contributed by atoms with Crippen LogP contribution >= 0.6 is 0 Å². The molecule has 3 aromatic rings. The van der Waals surface area contributed by atoms with Crippen LogP contribution in [0.5, 0.6) is 0 Å². The first kappa shape index (κ1) is 10.8. The van der Waals surface area contributed by atoms with Crippen LogP contribution in [0.2, 0.25) is 0 Å². The van der Waals surface area contributed by atoms with Gasteiger partial charge in [0.05, 0.1) is 0 Å². The van der Waals surface area contributed by atoms with Gasteiger partial charge >= 0.3 is 0 Å². The van der Waals surface area contributed by atoms with Crippen LogP contribution in [0.15, 0.2) is 72.8 Å². The third-order valence-corrected chi connectivity index (χ3v) is 4.24. The molecule has 1 aliphatic carbocycles. The van der Waals surface area contributed by atoms with E-state index in [0.717, 1.165) is 0 Å². The summed E-state index contributed by atoms with van der Waals surface area (Å²) >= 11 is 0. The van der Waals surface area contributed by atoms with Crippen LogP contribution in [-0.2, 0) is 0 Å². The zero-order valence-corrected chi connectivity index (χ0v) is 10.8. The minimum absolute atomic E-state index is 0.702. The van der Waals surface area contributed by atoms with E-state index in [-0.39, 0.29) is 0 Å². The lowest BCUT2D eigenvalue weighted by Crippen LogP contribution is -1.86. The summed E-state index contributed by atoms with van der Waals surface area (Å²) in [6.45, 7) is 0. The number of hydrogen-bond donors (Lipinski definition) is 0. The van der Waals surface area contributed by atoms with Gasteiger partial charge in [-0.15, -0.1) is 0 Å². The van der Waals surface area contributed by atoms with E-state index in [4.69, 9.17) is 0 Å². The lowest BCUT2D eigenvalue weighted by molar-refractivity contribution is 1.04. The molecule has 0 aliphatic heterocycles. The SMILES string of the molecule is c1ccc([C@H]2C[C@@H]2c2cccc3ccccc23)cc1. The first-order valence-electron chi connectivity index (χ1n) is 6.96. The normalized spacial score (nSPS) is 21.5. The Labute approximate surface area is 113 Å². The van der Waals surface area contributed by atoms with Gasteiger partial charge < -0.3 is 0 Å². The van der Waals surface area contributed by atoms with Crippen LogP contribution in [-0.4, -0.2) is 0 Å². The van der Waals surface area contributed by atoms with Gasteiger partial charge in [-0.05, 0) is 40.2 Å². The monoisotopic (exact) mass is 244 g/mol. The van der Waals surface area contributed by atoms with E-state index in [2.05, 4.69) is 72.8 Å². The average molecular weight is 244 g/mol. The zero-order chi connectivity index (χ0) is 12.7. The van der Waals surface area contributed by atoms with Crippen molar-refractivity contribution < 1.29 is 0 Å². The molecule has 0 spiro atoms. The maximum Gasteiger partial charge on any atom is -0.00807 e. The van der Waals surface area contributed by atoms with E-state index >= 15 is 0 Å². The van der Waals surface area contributed by atoms with E-state index in [9.17, 15) is 0 Å². The fraction of sp³-hybridized carbons (Fsp3) is 0.158. The molecule has 0 nitrogen and oxygen atoms in total. The van der Waals surface area contributed by atoms with Gasteiger partial charge in [-0.3, -0.25) is 0 Å². The molecule has 0 unspecified atom stereocenters. The van der Waals surface area contributed by atoms with Gasteiger partial charge in [0.25, 0.3) is 0 Å². The second-order valence-electron chi connectivity index (χ2n) is 5.43. The summed E-state index contributed by atoms with van der Waals surface area (Å²) in [7, 11) is 0. The molecular formula is C19H16. The van der Waals surface area contributed by atoms with Gasteiger partial charge in [0.2, 0.25) is 0 Å². The molecule has 1 fully saturated rings. The Balaban J connectivity index is 1.74. The zero-order valence-electron chi connectivity index (χ0n) is 10.8. The van der Waals surface area contributed by atoms with Crippen molar-refractivity contribution in [3.05, 3.63) is 83.9 Å². The van der Waals surface area contributed by atoms with Gasteiger partial charge in [0.1, 0.15) is 0 Å².